The van der Waals surface area contributed by atoms with E-state index in [-0.39, 0.29) is 10.8 Å². The van der Waals surface area contributed by atoms with Crippen LogP contribution in [0.3, 0.4) is 0 Å². The number of halogens is 1. The van der Waals surface area contributed by atoms with Crippen LogP contribution in [-0.4, -0.2) is 45.5 Å². The van der Waals surface area contributed by atoms with Crippen LogP contribution in [0.25, 0.3) is 0 Å². The molecule has 7 heteroatoms. The molecule has 0 spiro atoms. The van der Waals surface area contributed by atoms with Crippen molar-refractivity contribution in [2.75, 3.05) is 31.0 Å². The maximum Gasteiger partial charge on any atom is 0.221 e. The van der Waals surface area contributed by atoms with E-state index in [1.807, 2.05) is 0 Å². The summed E-state index contributed by atoms with van der Waals surface area (Å²) in [5.74, 6) is 0. The lowest BCUT2D eigenvalue weighted by Crippen LogP contribution is -2.26. The van der Waals surface area contributed by atoms with E-state index < -0.39 is 10.0 Å². The topological polar surface area (TPSA) is 64.6 Å². The molecule has 1 saturated heterocycles. The van der Waals surface area contributed by atoms with E-state index >= 15 is 0 Å². The molecule has 1 aliphatic rings. The first-order valence-electron chi connectivity index (χ1n) is 5.37. The standard InChI is InChI=1S/C9H18BrNO4S/c10-8-16(12,13)11-4-2-5-14-7-9-3-1-6-15-9/h9,11H,1-8H2. The molecule has 1 heterocycles. The lowest BCUT2D eigenvalue weighted by Gasteiger charge is -2.10. The van der Waals surface area contributed by atoms with Gasteiger partial charge < -0.3 is 9.47 Å². The summed E-state index contributed by atoms with van der Waals surface area (Å²) in [6.45, 7) is 2.42. The maximum absolute atomic E-state index is 11.0. The van der Waals surface area contributed by atoms with E-state index in [4.69, 9.17) is 9.47 Å². The van der Waals surface area contributed by atoms with Crippen molar-refractivity contribution in [2.24, 2.45) is 0 Å². The van der Waals surface area contributed by atoms with Crippen LogP contribution < -0.4 is 4.72 Å². The SMILES string of the molecule is O=S(=O)(CBr)NCCCOCC1CCCO1. The van der Waals surface area contributed by atoms with E-state index in [9.17, 15) is 8.42 Å². The minimum absolute atomic E-state index is 0.0588. The molecule has 96 valence electrons. The highest BCUT2D eigenvalue weighted by molar-refractivity contribution is 9.10. The van der Waals surface area contributed by atoms with Crippen LogP contribution in [0.15, 0.2) is 0 Å². The summed E-state index contributed by atoms with van der Waals surface area (Å²) < 4.78 is 35.2. The predicted molar refractivity (Wildman–Crippen MR) is 65.1 cm³/mol. The zero-order valence-corrected chi connectivity index (χ0v) is 11.6. The fraction of sp³-hybridized carbons (Fsp3) is 1.00. The molecule has 0 aliphatic carbocycles. The normalized spacial score (nSPS) is 21.4. The molecule has 1 atom stereocenters. The zero-order chi connectivity index (χ0) is 11.9. The van der Waals surface area contributed by atoms with Crippen molar-refractivity contribution in [2.45, 2.75) is 25.4 Å². The Labute approximate surface area is 105 Å². The van der Waals surface area contributed by atoms with Crippen LogP contribution in [0.2, 0.25) is 0 Å². The summed E-state index contributed by atoms with van der Waals surface area (Å²) >= 11 is 2.90. The zero-order valence-electron chi connectivity index (χ0n) is 9.15. The average molecular weight is 316 g/mol. The fourth-order valence-corrected chi connectivity index (χ4v) is 2.45. The fourth-order valence-electron chi connectivity index (χ4n) is 1.43. The average Bonchev–Trinajstić information content (AvgIpc) is 2.76. The van der Waals surface area contributed by atoms with Crippen molar-refractivity contribution in [3.05, 3.63) is 0 Å². The van der Waals surface area contributed by atoms with Gasteiger partial charge in [-0.05, 0) is 19.3 Å². The monoisotopic (exact) mass is 315 g/mol. The van der Waals surface area contributed by atoms with Gasteiger partial charge >= 0.3 is 0 Å². The van der Waals surface area contributed by atoms with Gasteiger partial charge in [-0.3, -0.25) is 0 Å². The quantitative estimate of drug-likeness (QED) is 0.532. The summed E-state index contributed by atoms with van der Waals surface area (Å²) in [6.07, 6.45) is 3.09. The summed E-state index contributed by atoms with van der Waals surface area (Å²) in [4.78, 5) is 0. The number of sulfonamides is 1. The second-order valence-electron chi connectivity index (χ2n) is 3.68. The van der Waals surface area contributed by atoms with E-state index in [1.54, 1.807) is 0 Å². The lowest BCUT2D eigenvalue weighted by molar-refractivity contribution is 0.0169. The van der Waals surface area contributed by atoms with Gasteiger partial charge in [-0.2, -0.15) is 0 Å². The second kappa shape index (κ2) is 7.60. The second-order valence-corrected chi connectivity index (χ2v) is 6.79. The number of hydrogen-bond acceptors (Lipinski definition) is 4. The first-order chi connectivity index (χ1) is 7.64. The number of rotatable bonds is 8. The summed E-state index contributed by atoms with van der Waals surface area (Å²) in [5, 5.41) is 0. The van der Waals surface area contributed by atoms with Crippen LogP contribution in [0.1, 0.15) is 19.3 Å². The predicted octanol–water partition coefficient (Wildman–Crippen LogP) is 0.844. The van der Waals surface area contributed by atoms with Crippen LogP contribution in [0.5, 0.6) is 0 Å². The summed E-state index contributed by atoms with van der Waals surface area (Å²) in [7, 11) is -3.14. The first kappa shape index (κ1) is 14.4. The number of ether oxygens (including phenoxy) is 2. The summed E-state index contributed by atoms with van der Waals surface area (Å²) in [5.41, 5.74) is 0. The molecule has 1 rings (SSSR count). The number of alkyl halides is 1. The largest absolute Gasteiger partial charge is 0.379 e. The van der Waals surface area contributed by atoms with Crippen LogP contribution >= 0.6 is 15.9 Å². The Hall–Kier alpha value is 0.310. The molecule has 16 heavy (non-hydrogen) atoms. The van der Waals surface area contributed by atoms with Gasteiger partial charge in [0.1, 0.15) is 4.66 Å². The van der Waals surface area contributed by atoms with Gasteiger partial charge in [0.2, 0.25) is 10.0 Å². The molecular weight excluding hydrogens is 298 g/mol. The van der Waals surface area contributed by atoms with Gasteiger partial charge in [0.05, 0.1) is 12.7 Å². The van der Waals surface area contributed by atoms with Crippen LogP contribution in [-0.2, 0) is 19.5 Å². The van der Waals surface area contributed by atoms with E-state index in [0.717, 1.165) is 19.4 Å². The molecule has 0 aromatic rings. The van der Waals surface area contributed by atoms with Crippen molar-refractivity contribution in [3.8, 4) is 0 Å². The van der Waals surface area contributed by atoms with Crippen molar-refractivity contribution >= 4 is 26.0 Å². The molecule has 5 nitrogen and oxygen atoms in total. The molecule has 0 bridgehead atoms. The van der Waals surface area contributed by atoms with Crippen LogP contribution in [0, 0.1) is 0 Å². The van der Waals surface area contributed by atoms with E-state index in [1.165, 1.54) is 0 Å². The van der Waals surface area contributed by atoms with Gasteiger partial charge in [-0.1, -0.05) is 15.9 Å². The molecule has 1 unspecified atom stereocenters. The Kier molecular flexibility index (Phi) is 6.83. The van der Waals surface area contributed by atoms with Crippen molar-refractivity contribution < 1.29 is 17.9 Å². The Bertz CT molecular complexity index is 277. The van der Waals surface area contributed by atoms with Crippen LogP contribution in [0.4, 0.5) is 0 Å². The summed E-state index contributed by atoms with van der Waals surface area (Å²) in [6, 6.07) is 0. The molecule has 0 aromatic heterocycles. The Morgan fingerprint density at radius 2 is 2.31 bits per heavy atom. The lowest BCUT2D eigenvalue weighted by atomic mass is 10.2. The smallest absolute Gasteiger partial charge is 0.221 e. The molecule has 1 N–H and O–H groups in total. The van der Waals surface area contributed by atoms with Crippen molar-refractivity contribution in [1.82, 2.24) is 4.72 Å². The molecule has 0 saturated carbocycles. The first-order valence-corrected chi connectivity index (χ1v) is 8.14. The van der Waals surface area contributed by atoms with Gasteiger partial charge in [-0.25, -0.2) is 13.1 Å². The molecule has 1 fully saturated rings. The molecule has 0 amide bonds. The molecule has 1 aliphatic heterocycles. The van der Waals surface area contributed by atoms with E-state index in [0.29, 0.717) is 26.2 Å². The third-order valence-corrected chi connectivity index (χ3v) is 5.00. The van der Waals surface area contributed by atoms with E-state index in [2.05, 4.69) is 20.7 Å². The number of hydrogen-bond donors (Lipinski definition) is 1. The van der Waals surface area contributed by atoms with Gasteiger partial charge in [0, 0.05) is 19.8 Å². The third kappa shape index (κ3) is 6.15. The van der Waals surface area contributed by atoms with Gasteiger partial charge in [0.25, 0.3) is 0 Å². The highest BCUT2D eigenvalue weighted by Crippen LogP contribution is 2.11. The highest BCUT2D eigenvalue weighted by Gasteiger charge is 2.14. The Balaban J connectivity index is 1.92. The molecule has 0 aromatic carbocycles. The minimum atomic E-state index is -3.14. The Morgan fingerprint density at radius 3 is 2.94 bits per heavy atom. The van der Waals surface area contributed by atoms with Gasteiger partial charge in [-0.15, -0.1) is 0 Å². The van der Waals surface area contributed by atoms with Crippen molar-refractivity contribution in [3.63, 3.8) is 0 Å². The minimum Gasteiger partial charge on any atom is -0.379 e. The number of nitrogens with one attached hydrogen (secondary N) is 1. The third-order valence-electron chi connectivity index (χ3n) is 2.26. The maximum atomic E-state index is 11.0. The Morgan fingerprint density at radius 1 is 1.50 bits per heavy atom. The van der Waals surface area contributed by atoms with Gasteiger partial charge in [0.15, 0.2) is 0 Å². The highest BCUT2D eigenvalue weighted by atomic mass is 79.9. The van der Waals surface area contributed by atoms with Crippen molar-refractivity contribution in [1.29, 1.82) is 0 Å². The molecule has 0 radical (unpaired) electrons. The molecular formula is C9H18BrNO4S.